The number of likely N-dealkylation sites (tertiary alicyclic amines) is 1. The number of carbonyl (C=O) groups excluding carboxylic acids is 3. The molecule has 0 bridgehead atoms. The van der Waals surface area contributed by atoms with Crippen LogP contribution in [0.1, 0.15) is 63.1 Å². The molecule has 0 radical (unpaired) electrons. The Balaban J connectivity index is 1.48. The number of esters is 1. The second kappa shape index (κ2) is 15.9. The van der Waals surface area contributed by atoms with Crippen LogP contribution in [0.15, 0.2) is 84.9 Å². The Morgan fingerprint density at radius 3 is 1.84 bits per heavy atom. The lowest BCUT2D eigenvalue weighted by Crippen LogP contribution is -2.56. The van der Waals surface area contributed by atoms with E-state index in [4.69, 9.17) is 9.47 Å². The van der Waals surface area contributed by atoms with E-state index in [9.17, 15) is 14.4 Å². The van der Waals surface area contributed by atoms with Gasteiger partial charge in [0.05, 0.1) is 0 Å². The van der Waals surface area contributed by atoms with Crippen molar-refractivity contribution in [1.29, 1.82) is 0 Å². The van der Waals surface area contributed by atoms with Crippen LogP contribution in [0, 0.1) is 0 Å². The molecule has 0 saturated carbocycles. The number of amides is 3. The molecule has 44 heavy (non-hydrogen) atoms. The van der Waals surface area contributed by atoms with Crippen molar-refractivity contribution in [3.05, 3.63) is 102 Å². The van der Waals surface area contributed by atoms with Crippen molar-refractivity contribution in [1.82, 2.24) is 15.5 Å². The number of nitrogens with zero attached hydrogens (tertiary/aromatic N) is 1. The summed E-state index contributed by atoms with van der Waals surface area (Å²) in [4.78, 5) is 42.2. The van der Waals surface area contributed by atoms with E-state index < -0.39 is 29.6 Å². The molecule has 3 amide bonds. The standard InChI is InChI=1S/C36H45N3O5/c1-36(2,3)44-34(41)32(25-28-18-20-30(21-19-28)43-26-29-16-10-7-11-17-29)37-33(40)31(24-27-14-8-6-9-15-27)38-35(42)39-22-12-4-5-13-23-39/h6-11,14-21,31-32H,4-5,12-13,22-26H2,1-3H3,(H,37,40)(H,38,42)/t31-,32+/m0/s1. The average molecular weight is 600 g/mol. The smallest absolute Gasteiger partial charge is 0.329 e. The van der Waals surface area contributed by atoms with Gasteiger partial charge in [-0.1, -0.05) is 85.6 Å². The molecule has 1 heterocycles. The quantitative estimate of drug-likeness (QED) is 0.270. The third-order valence-corrected chi connectivity index (χ3v) is 7.41. The molecular formula is C36H45N3O5. The van der Waals surface area contributed by atoms with E-state index in [1.54, 1.807) is 25.7 Å². The molecule has 0 aliphatic carbocycles. The average Bonchev–Trinajstić information content (AvgIpc) is 3.30. The van der Waals surface area contributed by atoms with Gasteiger partial charge in [0.1, 0.15) is 30.0 Å². The van der Waals surface area contributed by atoms with Gasteiger partial charge in [-0.25, -0.2) is 9.59 Å². The molecule has 0 unspecified atom stereocenters. The van der Waals surface area contributed by atoms with Gasteiger partial charge in [-0.2, -0.15) is 0 Å². The lowest BCUT2D eigenvalue weighted by Gasteiger charge is -2.28. The summed E-state index contributed by atoms with van der Waals surface area (Å²) >= 11 is 0. The maximum absolute atomic E-state index is 13.8. The van der Waals surface area contributed by atoms with Gasteiger partial charge in [0.2, 0.25) is 5.91 Å². The van der Waals surface area contributed by atoms with E-state index in [-0.39, 0.29) is 12.5 Å². The molecular weight excluding hydrogens is 554 g/mol. The molecule has 1 fully saturated rings. The molecule has 0 aromatic heterocycles. The monoisotopic (exact) mass is 599 g/mol. The minimum atomic E-state index is -0.953. The van der Waals surface area contributed by atoms with E-state index >= 15 is 0 Å². The summed E-state index contributed by atoms with van der Waals surface area (Å²) in [6, 6.07) is 24.9. The van der Waals surface area contributed by atoms with Crippen LogP contribution in [0.4, 0.5) is 4.79 Å². The van der Waals surface area contributed by atoms with Gasteiger partial charge < -0.3 is 25.0 Å². The van der Waals surface area contributed by atoms with Crippen LogP contribution in [0.5, 0.6) is 5.75 Å². The fourth-order valence-corrected chi connectivity index (χ4v) is 5.11. The highest BCUT2D eigenvalue weighted by molar-refractivity contribution is 5.91. The molecule has 2 atom stereocenters. The third kappa shape index (κ3) is 10.7. The van der Waals surface area contributed by atoms with Crippen molar-refractivity contribution >= 4 is 17.9 Å². The second-order valence-corrected chi connectivity index (χ2v) is 12.3. The maximum atomic E-state index is 13.8. The Bertz CT molecular complexity index is 1330. The number of carbonyl (C=O) groups is 3. The highest BCUT2D eigenvalue weighted by Gasteiger charge is 2.31. The molecule has 234 valence electrons. The SMILES string of the molecule is CC(C)(C)OC(=O)[C@@H](Cc1ccc(OCc2ccccc2)cc1)NC(=O)[C@H](Cc1ccccc1)NC(=O)N1CCCCCC1. The van der Waals surface area contributed by atoms with Crippen LogP contribution in [0.2, 0.25) is 0 Å². The van der Waals surface area contributed by atoms with Crippen LogP contribution in [0.3, 0.4) is 0 Å². The summed E-state index contributed by atoms with van der Waals surface area (Å²) < 4.78 is 11.6. The van der Waals surface area contributed by atoms with Crippen LogP contribution in [0.25, 0.3) is 0 Å². The highest BCUT2D eigenvalue weighted by Crippen LogP contribution is 2.18. The number of benzene rings is 3. The predicted octanol–water partition coefficient (Wildman–Crippen LogP) is 5.83. The maximum Gasteiger partial charge on any atom is 0.329 e. The Morgan fingerprint density at radius 2 is 1.25 bits per heavy atom. The minimum absolute atomic E-state index is 0.220. The van der Waals surface area contributed by atoms with Crippen molar-refractivity contribution < 1.29 is 23.9 Å². The number of hydrogen-bond acceptors (Lipinski definition) is 5. The molecule has 3 aromatic rings. The molecule has 4 rings (SSSR count). The zero-order valence-electron chi connectivity index (χ0n) is 26.1. The molecule has 8 nitrogen and oxygen atoms in total. The molecule has 1 aliphatic heterocycles. The fourth-order valence-electron chi connectivity index (χ4n) is 5.11. The summed E-state index contributed by atoms with van der Waals surface area (Å²) in [7, 11) is 0. The number of nitrogens with one attached hydrogen (secondary N) is 2. The van der Waals surface area contributed by atoms with Gasteiger partial charge in [-0.3, -0.25) is 4.79 Å². The summed E-state index contributed by atoms with van der Waals surface area (Å²) in [5.74, 6) is -0.266. The second-order valence-electron chi connectivity index (χ2n) is 12.3. The zero-order chi connectivity index (χ0) is 31.4. The Labute approximate surface area is 261 Å². The summed E-state index contributed by atoms with van der Waals surface area (Å²) in [6.07, 6.45) is 4.59. The van der Waals surface area contributed by atoms with E-state index in [1.807, 2.05) is 84.9 Å². The summed E-state index contributed by atoms with van der Waals surface area (Å²) in [5.41, 5.74) is 2.07. The molecule has 8 heteroatoms. The normalized spacial score (nSPS) is 14.9. The molecule has 1 saturated heterocycles. The van der Waals surface area contributed by atoms with Crippen LogP contribution >= 0.6 is 0 Å². The van der Waals surface area contributed by atoms with Crippen molar-refractivity contribution in [2.45, 2.75) is 83.6 Å². The first kappa shape index (κ1) is 32.6. The van der Waals surface area contributed by atoms with E-state index in [0.717, 1.165) is 42.4 Å². The van der Waals surface area contributed by atoms with E-state index in [1.165, 1.54) is 0 Å². The van der Waals surface area contributed by atoms with Gasteiger partial charge in [-0.15, -0.1) is 0 Å². The topological polar surface area (TPSA) is 97.0 Å². The highest BCUT2D eigenvalue weighted by atomic mass is 16.6. The first-order valence-corrected chi connectivity index (χ1v) is 15.5. The lowest BCUT2D eigenvalue weighted by molar-refractivity contribution is -0.158. The van der Waals surface area contributed by atoms with Gasteiger partial charge in [0, 0.05) is 25.9 Å². The first-order chi connectivity index (χ1) is 21.2. The van der Waals surface area contributed by atoms with Gasteiger partial charge in [-0.05, 0) is 62.4 Å². The van der Waals surface area contributed by atoms with E-state index in [2.05, 4.69) is 10.6 Å². The van der Waals surface area contributed by atoms with E-state index in [0.29, 0.717) is 31.9 Å². The van der Waals surface area contributed by atoms with Gasteiger partial charge in [0.15, 0.2) is 0 Å². The van der Waals surface area contributed by atoms with Crippen molar-refractivity contribution in [2.24, 2.45) is 0 Å². The third-order valence-electron chi connectivity index (χ3n) is 7.41. The number of rotatable bonds is 11. The fraction of sp³-hybridized carbons (Fsp3) is 0.417. The summed E-state index contributed by atoms with van der Waals surface area (Å²) in [5, 5.41) is 5.87. The predicted molar refractivity (Wildman–Crippen MR) is 171 cm³/mol. The van der Waals surface area contributed by atoms with Crippen LogP contribution in [-0.4, -0.2) is 53.6 Å². The molecule has 0 spiro atoms. The van der Waals surface area contributed by atoms with Crippen molar-refractivity contribution in [3.63, 3.8) is 0 Å². The van der Waals surface area contributed by atoms with Gasteiger partial charge >= 0.3 is 12.0 Å². The first-order valence-electron chi connectivity index (χ1n) is 15.5. The Morgan fingerprint density at radius 1 is 0.705 bits per heavy atom. The van der Waals surface area contributed by atoms with Crippen molar-refractivity contribution in [2.75, 3.05) is 13.1 Å². The van der Waals surface area contributed by atoms with Crippen LogP contribution in [-0.2, 0) is 33.8 Å². The molecule has 3 aromatic carbocycles. The number of ether oxygens (including phenoxy) is 2. The van der Waals surface area contributed by atoms with Crippen molar-refractivity contribution in [3.8, 4) is 5.75 Å². The Hall–Kier alpha value is -4.33. The van der Waals surface area contributed by atoms with Crippen LogP contribution < -0.4 is 15.4 Å². The Kier molecular flexibility index (Phi) is 11.8. The summed E-state index contributed by atoms with van der Waals surface area (Å²) in [6.45, 7) is 7.16. The largest absolute Gasteiger partial charge is 0.489 e. The number of urea groups is 1. The molecule has 2 N–H and O–H groups in total. The molecule has 1 aliphatic rings. The minimum Gasteiger partial charge on any atom is -0.489 e. The zero-order valence-corrected chi connectivity index (χ0v) is 26.1. The lowest BCUT2D eigenvalue weighted by atomic mass is 10.0. The van der Waals surface area contributed by atoms with Gasteiger partial charge in [0.25, 0.3) is 0 Å². The number of hydrogen-bond donors (Lipinski definition) is 2.